The lowest BCUT2D eigenvalue weighted by Crippen LogP contribution is -2.16. The molecule has 0 heterocycles. The number of nitrogens with two attached hydrogens (primary N) is 1. The molecule has 0 aliphatic carbocycles. The summed E-state index contributed by atoms with van der Waals surface area (Å²) in [7, 11) is 0. The van der Waals surface area contributed by atoms with Gasteiger partial charge >= 0.3 is 0 Å². The minimum atomic E-state index is -0.314. The number of hydrogen-bond donors (Lipinski definition) is 2. The van der Waals surface area contributed by atoms with E-state index in [2.05, 4.69) is 79.4 Å². The summed E-state index contributed by atoms with van der Waals surface area (Å²) in [5.74, 6) is 1.07. The van der Waals surface area contributed by atoms with Crippen molar-refractivity contribution < 1.29 is 9.53 Å². The van der Waals surface area contributed by atoms with Crippen LogP contribution in [0.4, 0.5) is 0 Å². The zero-order chi connectivity index (χ0) is 21.6. The van der Waals surface area contributed by atoms with Crippen LogP contribution in [-0.4, -0.2) is 11.7 Å². The third-order valence-corrected chi connectivity index (χ3v) is 5.89. The van der Waals surface area contributed by atoms with Crippen LogP contribution in [0.5, 0.6) is 5.75 Å². The Kier molecular flexibility index (Phi) is 6.58. The highest BCUT2D eigenvalue weighted by Gasteiger charge is 2.13. The van der Waals surface area contributed by atoms with Crippen molar-refractivity contribution in [3.05, 3.63) is 102 Å². The topological polar surface area (TPSA) is 52.3 Å². The van der Waals surface area contributed by atoms with Gasteiger partial charge in [-0.3, -0.25) is 4.79 Å². The Hall–Kier alpha value is -3.24. The molecule has 4 rings (SSSR count). The number of carbonyl (C=O) groups excluding carboxylic acids is 1. The van der Waals surface area contributed by atoms with Crippen LogP contribution in [0.1, 0.15) is 23.5 Å². The van der Waals surface area contributed by atoms with Crippen molar-refractivity contribution in [3.63, 3.8) is 0 Å². The largest absolute Gasteiger partial charge is 0.489 e. The number of fused-ring (bicyclic) bond motifs is 1. The van der Waals surface area contributed by atoms with E-state index >= 15 is 0 Å². The van der Waals surface area contributed by atoms with E-state index in [9.17, 15) is 4.79 Å². The van der Waals surface area contributed by atoms with Crippen LogP contribution in [0.15, 0.2) is 91.0 Å². The number of rotatable bonds is 8. The van der Waals surface area contributed by atoms with Crippen LogP contribution in [-0.2, 0) is 11.4 Å². The van der Waals surface area contributed by atoms with Gasteiger partial charge in [-0.2, -0.15) is 12.6 Å². The predicted molar refractivity (Wildman–Crippen MR) is 131 cm³/mol. The van der Waals surface area contributed by atoms with Crippen molar-refractivity contribution in [1.29, 1.82) is 0 Å². The Bertz CT molecular complexity index is 1180. The fraction of sp³-hybridized carbons (Fsp3) is 0.148. The lowest BCUT2D eigenvalue weighted by molar-refractivity contribution is -0.118. The molecule has 0 saturated heterocycles. The van der Waals surface area contributed by atoms with Crippen molar-refractivity contribution in [2.45, 2.75) is 18.9 Å². The van der Waals surface area contributed by atoms with E-state index in [0.29, 0.717) is 18.8 Å². The highest BCUT2D eigenvalue weighted by atomic mass is 32.1. The van der Waals surface area contributed by atoms with Gasteiger partial charge in [0.05, 0.1) is 0 Å². The highest BCUT2D eigenvalue weighted by molar-refractivity contribution is 7.80. The number of ether oxygens (including phenoxy) is 1. The zero-order valence-corrected chi connectivity index (χ0v) is 18.1. The van der Waals surface area contributed by atoms with Gasteiger partial charge in [0.15, 0.2) is 0 Å². The van der Waals surface area contributed by atoms with Crippen LogP contribution in [0, 0.1) is 0 Å². The summed E-state index contributed by atoms with van der Waals surface area (Å²) in [6.45, 7) is 0.481. The average Bonchev–Trinajstić information content (AvgIpc) is 2.81. The van der Waals surface area contributed by atoms with Gasteiger partial charge in [-0.15, -0.1) is 0 Å². The number of primary amides is 1. The fourth-order valence-electron chi connectivity index (χ4n) is 3.84. The summed E-state index contributed by atoms with van der Waals surface area (Å²) in [5, 5.41) is 2.48. The van der Waals surface area contributed by atoms with Crippen LogP contribution in [0.2, 0.25) is 0 Å². The normalized spacial score (nSPS) is 11.9. The third kappa shape index (κ3) is 5.09. The average molecular weight is 428 g/mol. The smallest absolute Gasteiger partial charge is 0.218 e. The highest BCUT2D eigenvalue weighted by Crippen LogP contribution is 2.29. The van der Waals surface area contributed by atoms with E-state index < -0.39 is 0 Å². The van der Waals surface area contributed by atoms with E-state index in [1.54, 1.807) is 0 Å². The van der Waals surface area contributed by atoms with Crippen molar-refractivity contribution >= 4 is 29.3 Å². The number of thiol groups is 1. The Morgan fingerprint density at radius 2 is 1.65 bits per heavy atom. The maximum atomic E-state index is 11.2. The van der Waals surface area contributed by atoms with Crippen LogP contribution in [0.3, 0.4) is 0 Å². The first-order valence-electron chi connectivity index (χ1n) is 10.3. The monoisotopic (exact) mass is 427 g/mol. The summed E-state index contributed by atoms with van der Waals surface area (Å²) in [5.41, 5.74) is 9.88. The molecule has 4 aromatic rings. The molecule has 0 fully saturated rings. The van der Waals surface area contributed by atoms with Gasteiger partial charge in [0.25, 0.3) is 0 Å². The van der Waals surface area contributed by atoms with Gasteiger partial charge in [0.1, 0.15) is 12.4 Å². The Balaban J connectivity index is 1.48. The second-order valence-electron chi connectivity index (χ2n) is 7.63. The molecule has 4 aromatic carbocycles. The van der Waals surface area contributed by atoms with E-state index in [1.807, 2.05) is 24.3 Å². The Labute approximate surface area is 188 Å². The quantitative estimate of drug-likeness (QED) is 0.340. The van der Waals surface area contributed by atoms with E-state index in [-0.39, 0.29) is 11.8 Å². The molecule has 0 aliphatic rings. The van der Waals surface area contributed by atoms with Gasteiger partial charge in [-0.1, -0.05) is 72.8 Å². The van der Waals surface area contributed by atoms with E-state index in [4.69, 9.17) is 10.5 Å². The van der Waals surface area contributed by atoms with Gasteiger partial charge in [-0.25, -0.2) is 0 Å². The molecule has 156 valence electrons. The minimum Gasteiger partial charge on any atom is -0.489 e. The van der Waals surface area contributed by atoms with Crippen molar-refractivity contribution in [3.8, 4) is 16.9 Å². The van der Waals surface area contributed by atoms with Gasteiger partial charge in [0.2, 0.25) is 5.91 Å². The van der Waals surface area contributed by atoms with E-state index in [0.717, 1.165) is 16.9 Å². The van der Waals surface area contributed by atoms with Crippen molar-refractivity contribution in [1.82, 2.24) is 0 Å². The van der Waals surface area contributed by atoms with Gasteiger partial charge in [0, 0.05) is 12.3 Å². The standard InChI is InChI=1S/C27H25NO2S/c28-27(29)16-23(18-31)20-11-13-24(14-12-20)30-17-19-5-3-8-22(15-19)26-10-4-7-21-6-1-2-9-25(21)26/h1-15,23,31H,16-18H2,(H2,28,29). The Morgan fingerprint density at radius 1 is 0.903 bits per heavy atom. The van der Waals surface area contributed by atoms with Crippen molar-refractivity contribution in [2.75, 3.05) is 5.75 Å². The predicted octanol–water partition coefficient (Wildman–Crippen LogP) is 5.97. The van der Waals surface area contributed by atoms with Crippen LogP contribution in [0.25, 0.3) is 21.9 Å². The second kappa shape index (κ2) is 9.71. The lowest BCUT2D eigenvalue weighted by Gasteiger charge is -2.14. The molecular formula is C27H25NO2S. The molecule has 4 heteroatoms. The van der Waals surface area contributed by atoms with Gasteiger partial charge < -0.3 is 10.5 Å². The zero-order valence-electron chi connectivity index (χ0n) is 17.2. The Morgan fingerprint density at radius 3 is 2.42 bits per heavy atom. The summed E-state index contributed by atoms with van der Waals surface area (Å²) < 4.78 is 6.01. The third-order valence-electron chi connectivity index (χ3n) is 5.45. The molecule has 2 N–H and O–H groups in total. The molecule has 31 heavy (non-hydrogen) atoms. The maximum Gasteiger partial charge on any atom is 0.218 e. The molecule has 0 bridgehead atoms. The summed E-state index contributed by atoms with van der Waals surface area (Å²) in [6.07, 6.45) is 0.296. The number of benzene rings is 4. The molecule has 0 spiro atoms. The van der Waals surface area contributed by atoms with Crippen LogP contribution < -0.4 is 10.5 Å². The molecule has 1 amide bonds. The fourth-order valence-corrected chi connectivity index (χ4v) is 4.18. The van der Waals surface area contributed by atoms with Crippen molar-refractivity contribution in [2.24, 2.45) is 5.73 Å². The first-order valence-corrected chi connectivity index (χ1v) is 11.0. The molecule has 0 aliphatic heterocycles. The second-order valence-corrected chi connectivity index (χ2v) is 8.00. The molecular weight excluding hydrogens is 402 g/mol. The summed E-state index contributed by atoms with van der Waals surface area (Å²) >= 11 is 4.34. The molecule has 1 atom stereocenters. The first-order chi connectivity index (χ1) is 15.1. The molecule has 0 saturated carbocycles. The molecule has 0 radical (unpaired) electrons. The summed E-state index contributed by atoms with van der Waals surface area (Å²) in [6, 6.07) is 31.1. The SMILES string of the molecule is NC(=O)CC(CS)c1ccc(OCc2cccc(-c3cccc4ccccc34)c2)cc1. The number of hydrogen-bond acceptors (Lipinski definition) is 3. The number of carbonyl (C=O) groups is 1. The molecule has 1 unspecified atom stereocenters. The maximum absolute atomic E-state index is 11.2. The molecule has 0 aromatic heterocycles. The minimum absolute atomic E-state index is 0.0206. The van der Waals surface area contributed by atoms with Crippen LogP contribution >= 0.6 is 12.6 Å². The number of amides is 1. The summed E-state index contributed by atoms with van der Waals surface area (Å²) in [4.78, 5) is 11.2. The lowest BCUT2D eigenvalue weighted by atomic mass is 9.97. The van der Waals surface area contributed by atoms with Gasteiger partial charge in [-0.05, 0) is 57.0 Å². The molecule has 3 nitrogen and oxygen atoms in total. The first kappa shape index (κ1) is 21.0. The van der Waals surface area contributed by atoms with E-state index in [1.165, 1.54) is 21.9 Å².